The Kier molecular flexibility index (Phi) is 10.2. The molecule has 0 aromatic heterocycles. The number of esters is 1. The number of carbonyl (C=O) groups excluding carboxylic acids is 1. The summed E-state index contributed by atoms with van der Waals surface area (Å²) in [6, 6.07) is 11.8. The molecule has 1 saturated carbocycles. The summed E-state index contributed by atoms with van der Waals surface area (Å²) in [5.41, 5.74) is 1.96. The van der Waals surface area contributed by atoms with Gasteiger partial charge in [-0.05, 0) is 101 Å². The molecule has 0 amide bonds. The molecule has 41 heavy (non-hydrogen) atoms. The number of phenols is 1. The number of ether oxygens (including phenoxy) is 1. The van der Waals surface area contributed by atoms with Crippen LogP contribution in [0.25, 0.3) is 0 Å². The van der Waals surface area contributed by atoms with Crippen LogP contribution in [0.5, 0.6) is 17.2 Å². The number of rotatable bonds is 12. The molecule has 7 nitrogen and oxygen atoms in total. The number of aromatic hydroxyl groups is 1. The number of phosphoric acid groups is 1. The number of aryl methyl sites for hydroxylation is 1. The normalized spacial score (nSPS) is 21.5. The summed E-state index contributed by atoms with van der Waals surface area (Å²) in [5.74, 6) is -0.407. The van der Waals surface area contributed by atoms with Crippen molar-refractivity contribution in [2.75, 3.05) is 0 Å². The molecule has 8 heteroatoms. The van der Waals surface area contributed by atoms with E-state index in [1.807, 2.05) is 13.0 Å². The molecule has 0 saturated heterocycles. The Morgan fingerprint density at radius 1 is 1.15 bits per heavy atom. The molecule has 0 aliphatic heterocycles. The maximum absolute atomic E-state index is 13.9. The third-order valence-corrected chi connectivity index (χ3v) is 9.22. The number of carbonyl (C=O) groups is 1. The zero-order valence-electron chi connectivity index (χ0n) is 24.4. The standard InChI is InChI=1S/C33H43O7P/c1-5-6-8-13-25-21-29(34)31(28-20-24(4)16-17-27(28)23(2)3)30(22-25)38-32(35)33(18-11-12-19-33)40-41(36,37)39-26-14-9-7-10-15-26/h7,9-10,14-15,20-22,27-28,34H,2,5-6,8,11-13,16-19H2,1,3-4H3,(H,36,37)/t27-,28+/m0/s1. The Hall–Kier alpha value is -2.86. The summed E-state index contributed by atoms with van der Waals surface area (Å²) < 4.78 is 30.1. The van der Waals surface area contributed by atoms with E-state index >= 15 is 0 Å². The highest BCUT2D eigenvalue weighted by Gasteiger charge is 2.50. The maximum atomic E-state index is 13.9. The molecule has 222 valence electrons. The number of phosphoric ester groups is 1. The molecule has 0 bridgehead atoms. The first-order valence-corrected chi connectivity index (χ1v) is 16.2. The Morgan fingerprint density at radius 2 is 1.85 bits per heavy atom. The lowest BCUT2D eigenvalue weighted by molar-refractivity contribution is -0.153. The summed E-state index contributed by atoms with van der Waals surface area (Å²) >= 11 is 0. The fraction of sp³-hybridized carbons (Fsp3) is 0.485. The Morgan fingerprint density at radius 3 is 2.51 bits per heavy atom. The molecule has 2 aliphatic rings. The van der Waals surface area contributed by atoms with Gasteiger partial charge in [-0.1, -0.05) is 61.8 Å². The van der Waals surface area contributed by atoms with Crippen LogP contribution in [0.3, 0.4) is 0 Å². The topological polar surface area (TPSA) is 102 Å². The van der Waals surface area contributed by atoms with Gasteiger partial charge < -0.3 is 14.4 Å². The quantitative estimate of drug-likeness (QED) is 0.0850. The number of allylic oxidation sites excluding steroid dienone is 3. The molecule has 2 aromatic carbocycles. The molecule has 2 N–H and O–H groups in total. The van der Waals surface area contributed by atoms with E-state index in [1.165, 1.54) is 5.57 Å². The summed E-state index contributed by atoms with van der Waals surface area (Å²) in [6.45, 7) is 10.4. The van der Waals surface area contributed by atoms with Crippen molar-refractivity contribution >= 4 is 13.8 Å². The summed E-state index contributed by atoms with van der Waals surface area (Å²) in [5, 5.41) is 11.4. The SMILES string of the molecule is C=C(C)[C@@H]1CCC(C)=C[C@H]1c1c(O)cc(CCCCC)cc1OC(=O)C1(OP(=O)(O)Oc2ccccc2)CCCC1. The van der Waals surface area contributed by atoms with Crippen LogP contribution in [-0.4, -0.2) is 21.6 Å². The second-order valence-electron chi connectivity index (χ2n) is 11.6. The van der Waals surface area contributed by atoms with Crippen LogP contribution in [0, 0.1) is 5.92 Å². The predicted molar refractivity (Wildman–Crippen MR) is 160 cm³/mol. The van der Waals surface area contributed by atoms with Gasteiger partial charge in [0.05, 0.1) is 0 Å². The fourth-order valence-corrected chi connectivity index (χ4v) is 7.17. The van der Waals surface area contributed by atoms with Gasteiger partial charge in [0.15, 0.2) is 5.60 Å². The smallest absolute Gasteiger partial charge is 0.507 e. The van der Waals surface area contributed by atoms with Crippen LogP contribution in [0.4, 0.5) is 0 Å². The number of phenolic OH excluding ortho intramolecular Hbond substituents is 1. The lowest BCUT2D eigenvalue weighted by Crippen LogP contribution is -2.41. The molecule has 3 atom stereocenters. The molecule has 0 spiro atoms. The van der Waals surface area contributed by atoms with Crippen LogP contribution >= 0.6 is 7.82 Å². The van der Waals surface area contributed by atoms with Crippen LogP contribution in [0.2, 0.25) is 0 Å². The number of para-hydroxylation sites is 1. The molecule has 0 radical (unpaired) electrons. The largest absolute Gasteiger partial charge is 0.528 e. The summed E-state index contributed by atoms with van der Waals surface area (Å²) in [6.07, 6.45) is 9.44. The third-order valence-electron chi connectivity index (χ3n) is 8.20. The van der Waals surface area contributed by atoms with E-state index in [-0.39, 0.29) is 41.9 Å². The highest BCUT2D eigenvalue weighted by atomic mass is 31.2. The lowest BCUT2D eigenvalue weighted by Gasteiger charge is -2.33. The predicted octanol–water partition coefficient (Wildman–Crippen LogP) is 8.56. The third kappa shape index (κ3) is 7.71. The Labute approximate surface area is 243 Å². The van der Waals surface area contributed by atoms with Crippen molar-refractivity contribution in [2.45, 2.75) is 96.5 Å². The second-order valence-corrected chi connectivity index (χ2v) is 12.9. The van der Waals surface area contributed by atoms with Crippen molar-refractivity contribution in [3.8, 4) is 17.2 Å². The van der Waals surface area contributed by atoms with Gasteiger partial charge in [0.2, 0.25) is 0 Å². The first kappa shape index (κ1) is 31.1. The first-order valence-electron chi connectivity index (χ1n) is 14.7. The van der Waals surface area contributed by atoms with Gasteiger partial charge >= 0.3 is 13.8 Å². The van der Waals surface area contributed by atoms with E-state index in [0.717, 1.165) is 49.7 Å². The van der Waals surface area contributed by atoms with E-state index in [2.05, 4.69) is 26.5 Å². The molecule has 4 rings (SSSR count). The highest BCUT2D eigenvalue weighted by Crippen LogP contribution is 2.53. The Bertz CT molecular complexity index is 1310. The molecule has 1 unspecified atom stereocenters. The van der Waals surface area contributed by atoms with Gasteiger partial charge in [-0.25, -0.2) is 9.36 Å². The number of hydrogen-bond acceptors (Lipinski definition) is 6. The minimum atomic E-state index is -4.67. The van der Waals surface area contributed by atoms with E-state index in [1.54, 1.807) is 36.4 Å². The van der Waals surface area contributed by atoms with E-state index in [4.69, 9.17) is 13.8 Å². The average Bonchev–Trinajstić information content (AvgIpc) is 3.38. The van der Waals surface area contributed by atoms with Crippen molar-refractivity contribution in [1.82, 2.24) is 0 Å². The van der Waals surface area contributed by atoms with Crippen molar-refractivity contribution in [2.24, 2.45) is 5.92 Å². The van der Waals surface area contributed by atoms with Gasteiger partial charge in [0.25, 0.3) is 0 Å². The summed E-state index contributed by atoms with van der Waals surface area (Å²) in [7, 11) is -4.67. The molecule has 1 fully saturated rings. The van der Waals surface area contributed by atoms with Crippen molar-refractivity contribution in [3.05, 3.63) is 77.4 Å². The zero-order valence-corrected chi connectivity index (χ0v) is 25.3. The minimum Gasteiger partial charge on any atom is -0.507 e. The Balaban J connectivity index is 1.70. The lowest BCUT2D eigenvalue weighted by atomic mass is 9.73. The van der Waals surface area contributed by atoms with Crippen LogP contribution < -0.4 is 9.26 Å². The molecule has 0 heterocycles. The number of benzene rings is 2. The van der Waals surface area contributed by atoms with Crippen molar-refractivity contribution in [1.29, 1.82) is 0 Å². The van der Waals surface area contributed by atoms with Gasteiger partial charge in [0, 0.05) is 11.5 Å². The monoisotopic (exact) mass is 582 g/mol. The zero-order chi connectivity index (χ0) is 29.6. The first-order chi connectivity index (χ1) is 19.5. The van der Waals surface area contributed by atoms with E-state index in [9.17, 15) is 19.4 Å². The molecular formula is C33H43O7P. The minimum absolute atomic E-state index is 0.0709. The number of unbranched alkanes of at least 4 members (excludes halogenated alkanes) is 2. The van der Waals surface area contributed by atoms with Crippen molar-refractivity contribution < 1.29 is 33.1 Å². The van der Waals surface area contributed by atoms with Gasteiger partial charge in [-0.2, -0.15) is 0 Å². The fourth-order valence-electron chi connectivity index (χ4n) is 6.04. The van der Waals surface area contributed by atoms with E-state index in [0.29, 0.717) is 18.4 Å². The van der Waals surface area contributed by atoms with Crippen LogP contribution in [0.1, 0.15) is 95.6 Å². The van der Waals surface area contributed by atoms with Crippen LogP contribution in [-0.2, 0) is 20.3 Å². The van der Waals surface area contributed by atoms with Crippen LogP contribution in [0.15, 0.2) is 66.3 Å². The number of hydrogen-bond donors (Lipinski definition) is 2. The van der Waals surface area contributed by atoms with Gasteiger partial charge in [-0.15, -0.1) is 0 Å². The molecule has 2 aromatic rings. The molecule has 2 aliphatic carbocycles. The summed E-state index contributed by atoms with van der Waals surface area (Å²) in [4.78, 5) is 24.6. The van der Waals surface area contributed by atoms with Gasteiger partial charge in [-0.3, -0.25) is 9.42 Å². The second kappa shape index (κ2) is 13.4. The van der Waals surface area contributed by atoms with Gasteiger partial charge in [0.1, 0.15) is 17.2 Å². The van der Waals surface area contributed by atoms with E-state index < -0.39 is 19.4 Å². The highest BCUT2D eigenvalue weighted by molar-refractivity contribution is 7.47. The van der Waals surface area contributed by atoms with Crippen molar-refractivity contribution in [3.63, 3.8) is 0 Å². The average molecular weight is 583 g/mol. The molecular weight excluding hydrogens is 539 g/mol. The maximum Gasteiger partial charge on any atom is 0.528 e.